The van der Waals surface area contributed by atoms with Crippen molar-refractivity contribution in [2.75, 3.05) is 13.7 Å². The van der Waals surface area contributed by atoms with E-state index in [0.29, 0.717) is 0 Å². The fraction of sp³-hybridized carbons (Fsp3) is 0.833. The first-order chi connectivity index (χ1) is 7.12. The third kappa shape index (κ3) is 1.63. The van der Waals surface area contributed by atoms with Crippen molar-refractivity contribution in [1.29, 1.82) is 0 Å². The van der Waals surface area contributed by atoms with Crippen molar-refractivity contribution in [3.05, 3.63) is 12.2 Å². The molecule has 0 unspecified atom stereocenters. The number of allylic oxidation sites excluding steroid dienone is 1. The van der Waals surface area contributed by atoms with Gasteiger partial charge in [0.25, 0.3) is 0 Å². The Morgan fingerprint density at radius 2 is 2.27 bits per heavy atom. The molecule has 2 N–H and O–H groups in total. The summed E-state index contributed by atoms with van der Waals surface area (Å²) in [4.78, 5) is 0. The largest absolute Gasteiger partial charge is 0.396 e. The molecule has 5 atom stereocenters. The molecule has 15 heavy (non-hydrogen) atoms. The highest BCUT2D eigenvalue weighted by molar-refractivity contribution is 5.15. The average Bonchev–Trinajstić information content (AvgIpc) is 2.24. The van der Waals surface area contributed by atoms with Crippen molar-refractivity contribution in [3.63, 3.8) is 0 Å². The molecular formula is C12H20O3. The molecule has 0 amide bonds. The molecule has 1 fully saturated rings. The van der Waals surface area contributed by atoms with Crippen LogP contribution in [0.15, 0.2) is 12.2 Å². The minimum absolute atomic E-state index is 0.0354. The normalized spacial score (nSPS) is 49.3. The van der Waals surface area contributed by atoms with Gasteiger partial charge in [0.05, 0.1) is 12.2 Å². The quantitative estimate of drug-likeness (QED) is 0.670. The number of aliphatic hydroxyl groups excluding tert-OH is 2. The molecule has 2 rings (SSSR count). The summed E-state index contributed by atoms with van der Waals surface area (Å²) in [5.74, 6) is 0.167. The molecule has 2 bridgehead atoms. The van der Waals surface area contributed by atoms with Crippen molar-refractivity contribution < 1.29 is 14.9 Å². The van der Waals surface area contributed by atoms with E-state index in [2.05, 4.69) is 13.0 Å². The lowest BCUT2D eigenvalue weighted by Crippen LogP contribution is -2.52. The molecule has 0 aliphatic heterocycles. The first-order valence-electron chi connectivity index (χ1n) is 5.63. The van der Waals surface area contributed by atoms with Crippen LogP contribution in [0.25, 0.3) is 0 Å². The summed E-state index contributed by atoms with van der Waals surface area (Å²) in [5.41, 5.74) is 0.0354. The summed E-state index contributed by atoms with van der Waals surface area (Å²) in [6.45, 7) is 2.29. The minimum Gasteiger partial charge on any atom is -0.396 e. The molecule has 86 valence electrons. The monoisotopic (exact) mass is 212 g/mol. The number of methoxy groups -OCH3 is 1. The number of aliphatic hydroxyl groups is 2. The summed E-state index contributed by atoms with van der Waals surface area (Å²) in [6.07, 6.45) is 5.53. The topological polar surface area (TPSA) is 49.7 Å². The molecule has 0 heterocycles. The van der Waals surface area contributed by atoms with Crippen LogP contribution in [-0.4, -0.2) is 36.1 Å². The predicted molar refractivity (Wildman–Crippen MR) is 57.4 cm³/mol. The van der Waals surface area contributed by atoms with E-state index in [1.807, 2.05) is 6.08 Å². The molecule has 3 heteroatoms. The SMILES string of the molecule is CO[C@H]1CC[C@@]2(C)C=C[C@H](O)[C@H]1[C@H]2CO. The number of hydrogen-bond donors (Lipinski definition) is 2. The van der Waals surface area contributed by atoms with Crippen molar-refractivity contribution in [3.8, 4) is 0 Å². The first-order valence-corrected chi connectivity index (χ1v) is 5.63. The van der Waals surface area contributed by atoms with Crippen LogP contribution in [0.2, 0.25) is 0 Å². The number of rotatable bonds is 2. The first kappa shape index (κ1) is 11.1. The Morgan fingerprint density at radius 1 is 1.53 bits per heavy atom. The van der Waals surface area contributed by atoms with Crippen molar-refractivity contribution in [1.82, 2.24) is 0 Å². The highest BCUT2D eigenvalue weighted by atomic mass is 16.5. The van der Waals surface area contributed by atoms with Crippen molar-refractivity contribution >= 4 is 0 Å². The number of ether oxygens (including phenoxy) is 1. The Kier molecular flexibility index (Phi) is 2.88. The second kappa shape index (κ2) is 3.89. The summed E-state index contributed by atoms with van der Waals surface area (Å²) in [6, 6.07) is 0. The third-order valence-corrected chi connectivity index (χ3v) is 4.28. The molecule has 3 nitrogen and oxygen atoms in total. The van der Waals surface area contributed by atoms with Gasteiger partial charge in [-0.3, -0.25) is 0 Å². The van der Waals surface area contributed by atoms with Gasteiger partial charge >= 0.3 is 0 Å². The van der Waals surface area contributed by atoms with E-state index < -0.39 is 6.10 Å². The fourth-order valence-electron chi connectivity index (χ4n) is 3.25. The molecule has 1 saturated carbocycles. The zero-order valence-corrected chi connectivity index (χ0v) is 9.39. The molecule has 2 aliphatic carbocycles. The minimum atomic E-state index is -0.472. The van der Waals surface area contributed by atoms with Crippen molar-refractivity contribution in [2.45, 2.75) is 32.0 Å². The lowest BCUT2D eigenvalue weighted by atomic mass is 9.57. The summed E-state index contributed by atoms with van der Waals surface area (Å²) >= 11 is 0. The van der Waals surface area contributed by atoms with Gasteiger partial charge in [-0.05, 0) is 24.2 Å². The molecule has 0 saturated heterocycles. The van der Waals surface area contributed by atoms with Crippen LogP contribution in [0.1, 0.15) is 19.8 Å². The van der Waals surface area contributed by atoms with Crippen LogP contribution in [-0.2, 0) is 4.74 Å². The second-order valence-corrected chi connectivity index (χ2v) is 5.03. The predicted octanol–water partition coefficient (Wildman–Crippen LogP) is 0.957. The van der Waals surface area contributed by atoms with E-state index in [1.165, 1.54) is 0 Å². The highest BCUT2D eigenvalue weighted by Crippen LogP contribution is 2.50. The van der Waals surface area contributed by atoms with Gasteiger partial charge < -0.3 is 14.9 Å². The van der Waals surface area contributed by atoms with Gasteiger partial charge in [-0.25, -0.2) is 0 Å². The van der Waals surface area contributed by atoms with Crippen LogP contribution in [0.5, 0.6) is 0 Å². The van der Waals surface area contributed by atoms with Crippen LogP contribution >= 0.6 is 0 Å². The zero-order chi connectivity index (χ0) is 11.1. The van der Waals surface area contributed by atoms with Gasteiger partial charge in [-0.1, -0.05) is 19.1 Å². The van der Waals surface area contributed by atoms with Crippen LogP contribution in [0, 0.1) is 17.3 Å². The van der Waals surface area contributed by atoms with Gasteiger partial charge in [0.2, 0.25) is 0 Å². The van der Waals surface area contributed by atoms with Gasteiger partial charge in [-0.2, -0.15) is 0 Å². The van der Waals surface area contributed by atoms with E-state index in [9.17, 15) is 10.2 Å². The molecule has 0 aromatic carbocycles. The van der Waals surface area contributed by atoms with Crippen molar-refractivity contribution in [2.24, 2.45) is 17.3 Å². The molecular weight excluding hydrogens is 192 g/mol. The third-order valence-electron chi connectivity index (χ3n) is 4.28. The maximum absolute atomic E-state index is 9.96. The summed E-state index contributed by atoms with van der Waals surface area (Å²) in [7, 11) is 1.69. The molecule has 2 aliphatic rings. The van der Waals surface area contributed by atoms with Gasteiger partial charge in [0, 0.05) is 19.6 Å². The Balaban J connectivity index is 2.33. The van der Waals surface area contributed by atoms with Crippen LogP contribution < -0.4 is 0 Å². The Labute approximate surface area is 90.8 Å². The van der Waals surface area contributed by atoms with E-state index in [1.54, 1.807) is 7.11 Å². The summed E-state index contributed by atoms with van der Waals surface area (Å²) < 4.78 is 5.42. The van der Waals surface area contributed by atoms with Gasteiger partial charge in [0.15, 0.2) is 0 Å². The molecule has 0 spiro atoms. The molecule has 0 radical (unpaired) electrons. The van der Waals surface area contributed by atoms with E-state index in [0.717, 1.165) is 12.8 Å². The lowest BCUT2D eigenvalue weighted by molar-refractivity contribution is -0.106. The smallest absolute Gasteiger partial charge is 0.0777 e. The number of hydrogen-bond acceptors (Lipinski definition) is 3. The second-order valence-electron chi connectivity index (χ2n) is 5.03. The van der Waals surface area contributed by atoms with Gasteiger partial charge in [0.1, 0.15) is 0 Å². The maximum atomic E-state index is 9.96. The van der Waals surface area contributed by atoms with Crippen LogP contribution in [0.3, 0.4) is 0 Å². The Hall–Kier alpha value is -0.380. The van der Waals surface area contributed by atoms with E-state index >= 15 is 0 Å². The van der Waals surface area contributed by atoms with Crippen LogP contribution in [0.4, 0.5) is 0 Å². The standard InChI is InChI=1S/C12H20O3/c1-12-5-3-9(14)11(8(12)7-13)10(15-2)4-6-12/h3,5,8-11,13-14H,4,6-7H2,1-2H3/t8-,9+,10+,11-,12-/m1/s1. The highest BCUT2D eigenvalue weighted by Gasteiger charge is 2.49. The summed E-state index contributed by atoms with van der Waals surface area (Å²) in [5, 5.41) is 19.5. The van der Waals surface area contributed by atoms with Gasteiger partial charge in [-0.15, -0.1) is 0 Å². The Morgan fingerprint density at radius 3 is 2.87 bits per heavy atom. The van der Waals surface area contributed by atoms with E-state index in [4.69, 9.17) is 4.74 Å². The molecule has 0 aromatic heterocycles. The van der Waals surface area contributed by atoms with E-state index in [-0.39, 0.29) is 30.0 Å². The maximum Gasteiger partial charge on any atom is 0.0777 e. The average molecular weight is 212 g/mol. The zero-order valence-electron chi connectivity index (χ0n) is 9.39. The fourth-order valence-corrected chi connectivity index (χ4v) is 3.25. The lowest BCUT2D eigenvalue weighted by Gasteiger charge is -2.51. The number of fused-ring (bicyclic) bond motifs is 2. The Bertz CT molecular complexity index is 264. The molecule has 0 aromatic rings.